The third-order valence-electron chi connectivity index (χ3n) is 6.35. The number of carbonyl (C=O) groups excluding carboxylic acids is 1. The van der Waals surface area contributed by atoms with E-state index >= 15 is 0 Å². The normalized spacial score (nSPS) is 22.0. The first-order valence-corrected chi connectivity index (χ1v) is 10.4. The molecule has 1 saturated carbocycles. The first-order chi connectivity index (χ1) is 15.0. The molecule has 158 valence electrons. The van der Waals surface area contributed by atoms with E-state index in [1.165, 1.54) is 12.1 Å². The molecule has 3 atom stereocenters. The predicted octanol–water partition coefficient (Wildman–Crippen LogP) is 3.12. The summed E-state index contributed by atoms with van der Waals surface area (Å²) in [5, 5.41) is 0. The molecule has 0 radical (unpaired) electrons. The number of hydrogen-bond donors (Lipinski definition) is 0. The van der Waals surface area contributed by atoms with Crippen LogP contribution in [-0.4, -0.2) is 56.4 Å². The molecule has 8 heteroatoms. The van der Waals surface area contributed by atoms with Gasteiger partial charge >= 0.3 is 0 Å². The number of halogens is 1. The van der Waals surface area contributed by atoms with E-state index in [1.807, 2.05) is 18.9 Å². The average Bonchev–Trinajstić information content (AvgIpc) is 3.40. The molecule has 1 saturated heterocycles. The molecule has 1 amide bonds. The molecule has 31 heavy (non-hydrogen) atoms. The number of fused-ring (bicyclic) bond motifs is 2. The van der Waals surface area contributed by atoms with Crippen LogP contribution in [0.2, 0.25) is 0 Å². The lowest BCUT2D eigenvalue weighted by Crippen LogP contribution is -2.51. The van der Waals surface area contributed by atoms with Crippen LogP contribution in [0.25, 0.3) is 11.4 Å². The first-order valence-electron chi connectivity index (χ1n) is 10.4. The lowest BCUT2D eigenvalue weighted by Gasteiger charge is -2.38. The highest BCUT2D eigenvalue weighted by Gasteiger charge is 2.49. The zero-order chi connectivity index (χ0) is 21.5. The monoisotopic (exact) mass is 418 g/mol. The van der Waals surface area contributed by atoms with Crippen molar-refractivity contribution >= 4 is 11.7 Å². The van der Waals surface area contributed by atoms with E-state index in [0.717, 1.165) is 24.4 Å². The van der Waals surface area contributed by atoms with Crippen LogP contribution < -0.4 is 4.90 Å². The van der Waals surface area contributed by atoms with Gasteiger partial charge in [0.1, 0.15) is 11.6 Å². The number of anilines is 1. The van der Waals surface area contributed by atoms with Crippen LogP contribution in [0, 0.1) is 18.7 Å². The highest BCUT2D eigenvalue weighted by atomic mass is 19.1. The van der Waals surface area contributed by atoms with Crippen molar-refractivity contribution in [3.05, 3.63) is 66.1 Å². The second-order valence-electron chi connectivity index (χ2n) is 8.32. The molecule has 0 N–H and O–H groups in total. The van der Waals surface area contributed by atoms with E-state index in [4.69, 9.17) is 0 Å². The maximum Gasteiger partial charge on any atom is 0.255 e. The fraction of sp³-hybridized carbons (Fsp3) is 0.348. The smallest absolute Gasteiger partial charge is 0.255 e. The fourth-order valence-electron chi connectivity index (χ4n) is 4.86. The maximum atomic E-state index is 14.1. The minimum absolute atomic E-state index is 0.0402. The molecule has 1 aromatic carbocycles. The van der Waals surface area contributed by atoms with E-state index in [0.29, 0.717) is 29.4 Å². The maximum absolute atomic E-state index is 14.1. The number of carbonyl (C=O) groups is 1. The molecule has 3 unspecified atom stereocenters. The molecule has 2 bridgehead atoms. The van der Waals surface area contributed by atoms with Crippen molar-refractivity contribution < 1.29 is 9.18 Å². The zero-order valence-corrected chi connectivity index (χ0v) is 17.4. The summed E-state index contributed by atoms with van der Waals surface area (Å²) in [5.74, 6) is 1.00. The van der Waals surface area contributed by atoms with Crippen LogP contribution >= 0.6 is 0 Å². The topological polar surface area (TPSA) is 75.1 Å². The Morgan fingerprint density at radius 1 is 1.13 bits per heavy atom. The van der Waals surface area contributed by atoms with Gasteiger partial charge in [-0.25, -0.2) is 19.3 Å². The molecule has 2 aliphatic rings. The number of likely N-dealkylation sites (tertiary alicyclic amines) is 1. The van der Waals surface area contributed by atoms with Crippen LogP contribution in [0.3, 0.4) is 0 Å². The van der Waals surface area contributed by atoms with Crippen molar-refractivity contribution in [1.29, 1.82) is 0 Å². The number of piperidine rings is 1. The molecule has 3 heterocycles. The lowest BCUT2D eigenvalue weighted by molar-refractivity contribution is 0.0683. The summed E-state index contributed by atoms with van der Waals surface area (Å²) >= 11 is 0. The highest BCUT2D eigenvalue weighted by Crippen LogP contribution is 2.42. The largest absolute Gasteiger partial charge is 0.353 e. The second-order valence-corrected chi connectivity index (χ2v) is 8.32. The average molecular weight is 418 g/mol. The summed E-state index contributed by atoms with van der Waals surface area (Å²) < 4.78 is 14.1. The summed E-state index contributed by atoms with van der Waals surface area (Å²) in [6, 6.07) is 6.11. The minimum Gasteiger partial charge on any atom is -0.353 e. The number of likely N-dealkylation sites (N-methyl/N-ethyl adjacent to an activating group) is 1. The van der Waals surface area contributed by atoms with Crippen molar-refractivity contribution in [2.24, 2.45) is 5.92 Å². The highest BCUT2D eigenvalue weighted by molar-refractivity contribution is 6.00. The van der Waals surface area contributed by atoms with E-state index < -0.39 is 5.82 Å². The van der Waals surface area contributed by atoms with Gasteiger partial charge in [0.2, 0.25) is 0 Å². The van der Waals surface area contributed by atoms with Gasteiger partial charge in [-0.05, 0) is 49.9 Å². The van der Waals surface area contributed by atoms with Gasteiger partial charge in [0, 0.05) is 31.5 Å². The number of aryl methyl sites for hydroxylation is 1. The number of amides is 1. The van der Waals surface area contributed by atoms with E-state index in [-0.39, 0.29) is 18.0 Å². The van der Waals surface area contributed by atoms with Crippen LogP contribution in [0.15, 0.2) is 49.1 Å². The van der Waals surface area contributed by atoms with Gasteiger partial charge in [-0.2, -0.15) is 0 Å². The van der Waals surface area contributed by atoms with Crippen molar-refractivity contribution in [1.82, 2.24) is 24.8 Å². The van der Waals surface area contributed by atoms with Gasteiger partial charge in [0.25, 0.3) is 5.91 Å². The number of aromatic nitrogens is 4. The zero-order valence-electron chi connectivity index (χ0n) is 17.4. The molecule has 2 aromatic heterocycles. The van der Waals surface area contributed by atoms with E-state index in [9.17, 15) is 9.18 Å². The Labute approximate surface area is 180 Å². The van der Waals surface area contributed by atoms with Crippen LogP contribution in [0.1, 0.15) is 28.9 Å². The fourth-order valence-corrected chi connectivity index (χ4v) is 4.86. The Morgan fingerprint density at radius 2 is 1.94 bits per heavy atom. The van der Waals surface area contributed by atoms with Gasteiger partial charge in [-0.1, -0.05) is 0 Å². The SMILES string of the molecule is Cc1cnc(N(C)C2CC3CC2N(C(=O)c2cc(F)ccc2-c2ncccn2)C3)cn1. The minimum atomic E-state index is -0.448. The Morgan fingerprint density at radius 3 is 2.65 bits per heavy atom. The Bertz CT molecular complexity index is 1110. The summed E-state index contributed by atoms with van der Waals surface area (Å²) in [6.07, 6.45) is 8.69. The van der Waals surface area contributed by atoms with Gasteiger partial charge in [-0.15, -0.1) is 0 Å². The van der Waals surface area contributed by atoms with Gasteiger partial charge < -0.3 is 9.80 Å². The summed E-state index contributed by atoms with van der Waals surface area (Å²) in [7, 11) is 2.00. The van der Waals surface area contributed by atoms with E-state index in [1.54, 1.807) is 36.9 Å². The number of hydrogen-bond acceptors (Lipinski definition) is 6. The van der Waals surface area contributed by atoms with Crippen molar-refractivity contribution in [2.45, 2.75) is 31.8 Å². The second kappa shape index (κ2) is 7.68. The Balaban J connectivity index is 1.45. The summed E-state index contributed by atoms with van der Waals surface area (Å²) in [4.78, 5) is 35.0. The molecule has 5 rings (SSSR count). The van der Waals surface area contributed by atoms with Crippen LogP contribution in [0.5, 0.6) is 0 Å². The van der Waals surface area contributed by atoms with Crippen molar-refractivity contribution in [3.8, 4) is 11.4 Å². The van der Waals surface area contributed by atoms with Crippen molar-refractivity contribution in [3.63, 3.8) is 0 Å². The molecule has 7 nitrogen and oxygen atoms in total. The van der Waals surface area contributed by atoms with Gasteiger partial charge in [-0.3, -0.25) is 9.78 Å². The van der Waals surface area contributed by atoms with Gasteiger partial charge in [0.15, 0.2) is 5.82 Å². The molecular weight excluding hydrogens is 395 g/mol. The van der Waals surface area contributed by atoms with Crippen molar-refractivity contribution in [2.75, 3.05) is 18.5 Å². The van der Waals surface area contributed by atoms with E-state index in [2.05, 4.69) is 24.8 Å². The number of rotatable bonds is 4. The molecule has 3 aromatic rings. The van der Waals surface area contributed by atoms with Gasteiger partial charge in [0.05, 0.1) is 35.7 Å². The molecule has 1 aliphatic heterocycles. The molecule has 1 aliphatic carbocycles. The quantitative estimate of drug-likeness (QED) is 0.648. The third kappa shape index (κ3) is 3.52. The first kappa shape index (κ1) is 19.5. The number of benzene rings is 1. The summed E-state index contributed by atoms with van der Waals surface area (Å²) in [5.41, 5.74) is 1.71. The Hall–Kier alpha value is -3.42. The standard InChI is InChI=1S/C23H23FN6O/c1-14-11-28-21(12-27-14)29(2)19-8-15-9-20(19)30(13-15)23(31)18-10-16(24)4-5-17(18)22-25-6-3-7-26-22/h3-7,10-12,15,19-20H,8-9,13H2,1-2H3. The van der Waals surface area contributed by atoms with Crippen LogP contribution in [-0.2, 0) is 0 Å². The van der Waals surface area contributed by atoms with Crippen LogP contribution in [0.4, 0.5) is 10.2 Å². The molecule has 0 spiro atoms. The number of nitrogens with zero attached hydrogens (tertiary/aromatic N) is 6. The Kier molecular flexibility index (Phi) is 4.84. The third-order valence-corrected chi connectivity index (χ3v) is 6.35. The lowest BCUT2D eigenvalue weighted by atomic mass is 10.0. The molecule has 2 fully saturated rings. The summed E-state index contributed by atoms with van der Waals surface area (Å²) in [6.45, 7) is 2.58. The molecular formula is C23H23FN6O. The predicted molar refractivity (Wildman–Crippen MR) is 114 cm³/mol.